The zero-order valence-electron chi connectivity index (χ0n) is 18.5. The molecule has 7 nitrogen and oxygen atoms in total. The second kappa shape index (κ2) is 9.49. The van der Waals surface area contributed by atoms with Crippen LogP contribution in [0, 0.1) is 0 Å². The fourth-order valence-electron chi connectivity index (χ4n) is 3.95. The minimum Gasteiger partial charge on any atom is -0.507 e. The second-order valence-corrected chi connectivity index (χ2v) is 7.97. The van der Waals surface area contributed by atoms with Crippen LogP contribution in [-0.2, 0) is 9.59 Å². The van der Waals surface area contributed by atoms with Gasteiger partial charge in [0.25, 0.3) is 11.7 Å². The molecule has 1 aliphatic heterocycles. The Balaban J connectivity index is 1.93. The lowest BCUT2D eigenvalue weighted by molar-refractivity contribution is -0.132. The van der Waals surface area contributed by atoms with Crippen LogP contribution in [0.15, 0.2) is 72.3 Å². The number of benzene rings is 3. The van der Waals surface area contributed by atoms with Gasteiger partial charge in [-0.3, -0.25) is 14.5 Å². The minimum absolute atomic E-state index is 0.113. The van der Waals surface area contributed by atoms with Crippen molar-refractivity contribution in [1.82, 2.24) is 0 Å². The molecule has 1 saturated heterocycles. The number of amides is 1. The number of hydrogen-bond donors (Lipinski definition) is 2. The Labute approximate surface area is 201 Å². The highest BCUT2D eigenvalue weighted by Gasteiger charge is 2.47. The van der Waals surface area contributed by atoms with E-state index in [1.165, 1.54) is 24.1 Å². The molecule has 0 saturated carbocycles. The average molecular weight is 480 g/mol. The first kappa shape index (κ1) is 23.2. The summed E-state index contributed by atoms with van der Waals surface area (Å²) in [6.45, 7) is 2.26. The molecule has 3 aromatic rings. The van der Waals surface area contributed by atoms with E-state index in [-0.39, 0.29) is 22.8 Å². The van der Waals surface area contributed by atoms with Gasteiger partial charge in [-0.1, -0.05) is 29.8 Å². The molecular weight excluding hydrogens is 458 g/mol. The number of phenols is 1. The lowest BCUT2D eigenvalue weighted by atomic mass is 9.94. The van der Waals surface area contributed by atoms with E-state index in [1.54, 1.807) is 54.6 Å². The molecule has 3 aromatic carbocycles. The summed E-state index contributed by atoms with van der Waals surface area (Å²) in [5.41, 5.74) is 1.03. The Morgan fingerprint density at radius 2 is 1.79 bits per heavy atom. The Morgan fingerprint density at radius 3 is 2.44 bits per heavy atom. The predicted octanol–water partition coefficient (Wildman–Crippen LogP) is 5.08. The standard InChI is InChI=1S/C26H22ClNO6/c1-3-34-19-6-4-5-16(13-19)24(30)22-23(15-7-12-21(33-2)20(29)14-15)28(26(32)25(22)31)18-10-8-17(27)9-11-18/h4-14,23,29-30H,3H2,1-2H3/b24-22-. The van der Waals surface area contributed by atoms with Crippen molar-refractivity contribution < 1.29 is 29.3 Å². The van der Waals surface area contributed by atoms with E-state index in [2.05, 4.69) is 0 Å². The average Bonchev–Trinajstić information content (AvgIpc) is 3.10. The lowest BCUT2D eigenvalue weighted by Crippen LogP contribution is -2.29. The van der Waals surface area contributed by atoms with Gasteiger partial charge in [0.15, 0.2) is 11.5 Å². The highest BCUT2D eigenvalue weighted by Crippen LogP contribution is 2.44. The fraction of sp³-hybridized carbons (Fsp3) is 0.154. The van der Waals surface area contributed by atoms with Crippen LogP contribution in [-0.4, -0.2) is 35.6 Å². The van der Waals surface area contributed by atoms with Crippen molar-refractivity contribution in [2.24, 2.45) is 0 Å². The van der Waals surface area contributed by atoms with Crippen molar-refractivity contribution in [3.8, 4) is 17.2 Å². The molecule has 1 amide bonds. The summed E-state index contributed by atoms with van der Waals surface area (Å²) in [6.07, 6.45) is 0. The van der Waals surface area contributed by atoms with Crippen molar-refractivity contribution in [3.63, 3.8) is 0 Å². The minimum atomic E-state index is -1.01. The monoisotopic (exact) mass is 479 g/mol. The summed E-state index contributed by atoms with van der Waals surface area (Å²) in [5, 5.41) is 22.1. The van der Waals surface area contributed by atoms with Gasteiger partial charge in [-0.2, -0.15) is 0 Å². The fourth-order valence-corrected chi connectivity index (χ4v) is 4.07. The highest BCUT2D eigenvalue weighted by atomic mass is 35.5. The number of nitrogens with zero attached hydrogens (tertiary/aromatic N) is 1. The largest absolute Gasteiger partial charge is 0.507 e. The van der Waals surface area contributed by atoms with E-state index >= 15 is 0 Å². The normalized spacial score (nSPS) is 17.1. The maximum atomic E-state index is 13.2. The zero-order chi connectivity index (χ0) is 24.4. The van der Waals surface area contributed by atoms with Gasteiger partial charge in [-0.15, -0.1) is 0 Å². The number of carbonyl (C=O) groups is 2. The molecule has 1 aliphatic rings. The number of aliphatic hydroxyl groups is 1. The molecular formula is C26H22ClNO6. The van der Waals surface area contributed by atoms with Crippen LogP contribution in [0.1, 0.15) is 24.1 Å². The first-order chi connectivity index (χ1) is 16.3. The van der Waals surface area contributed by atoms with Crippen LogP contribution >= 0.6 is 11.6 Å². The van der Waals surface area contributed by atoms with E-state index in [1.807, 2.05) is 6.92 Å². The summed E-state index contributed by atoms with van der Waals surface area (Å²) in [5.74, 6) is -1.44. The number of halogens is 1. The predicted molar refractivity (Wildman–Crippen MR) is 129 cm³/mol. The molecule has 0 spiro atoms. The molecule has 1 unspecified atom stereocenters. The summed E-state index contributed by atoms with van der Waals surface area (Å²) in [4.78, 5) is 27.7. The van der Waals surface area contributed by atoms with Crippen molar-refractivity contribution in [2.75, 3.05) is 18.6 Å². The number of ether oxygens (including phenoxy) is 2. The van der Waals surface area contributed by atoms with E-state index in [0.29, 0.717) is 34.2 Å². The third-order valence-corrected chi connectivity index (χ3v) is 5.74. The van der Waals surface area contributed by atoms with Crippen LogP contribution < -0.4 is 14.4 Å². The maximum absolute atomic E-state index is 13.2. The molecule has 1 atom stereocenters. The van der Waals surface area contributed by atoms with Crippen molar-refractivity contribution >= 4 is 34.7 Å². The van der Waals surface area contributed by atoms with E-state index in [9.17, 15) is 19.8 Å². The SMILES string of the molecule is CCOc1cccc(/C(O)=C2/C(=O)C(=O)N(c3ccc(Cl)cc3)C2c2ccc(OC)c(O)c2)c1. The number of aromatic hydroxyl groups is 1. The molecule has 0 aliphatic carbocycles. The summed E-state index contributed by atoms with van der Waals surface area (Å²) in [6, 6.07) is 16.6. The number of carbonyl (C=O) groups excluding carboxylic acids is 2. The van der Waals surface area contributed by atoms with E-state index < -0.39 is 17.7 Å². The number of hydrogen-bond acceptors (Lipinski definition) is 6. The Bertz CT molecular complexity index is 1280. The smallest absolute Gasteiger partial charge is 0.300 e. The second-order valence-electron chi connectivity index (χ2n) is 7.54. The quantitative estimate of drug-likeness (QED) is 0.291. The van der Waals surface area contributed by atoms with Gasteiger partial charge in [0.05, 0.1) is 25.3 Å². The number of Topliss-reactive ketones (excluding diaryl/α,β-unsaturated/α-hetero) is 1. The maximum Gasteiger partial charge on any atom is 0.300 e. The summed E-state index contributed by atoms with van der Waals surface area (Å²) in [7, 11) is 1.42. The molecule has 0 aromatic heterocycles. The first-order valence-corrected chi connectivity index (χ1v) is 10.9. The van der Waals surface area contributed by atoms with Gasteiger partial charge in [0, 0.05) is 16.3 Å². The highest BCUT2D eigenvalue weighted by molar-refractivity contribution is 6.51. The van der Waals surface area contributed by atoms with Gasteiger partial charge in [0.1, 0.15) is 11.5 Å². The van der Waals surface area contributed by atoms with Gasteiger partial charge >= 0.3 is 0 Å². The van der Waals surface area contributed by atoms with Gasteiger partial charge in [-0.05, 0) is 61.0 Å². The van der Waals surface area contributed by atoms with E-state index in [0.717, 1.165) is 0 Å². The van der Waals surface area contributed by atoms with Crippen LogP contribution in [0.5, 0.6) is 17.2 Å². The molecule has 8 heteroatoms. The Morgan fingerprint density at radius 1 is 1.06 bits per heavy atom. The molecule has 4 rings (SSSR count). The first-order valence-electron chi connectivity index (χ1n) is 10.5. The van der Waals surface area contributed by atoms with Crippen LogP contribution in [0.2, 0.25) is 5.02 Å². The summed E-state index contributed by atoms with van der Waals surface area (Å²) >= 11 is 6.01. The van der Waals surface area contributed by atoms with Crippen molar-refractivity contribution in [3.05, 3.63) is 88.5 Å². The van der Waals surface area contributed by atoms with Crippen molar-refractivity contribution in [1.29, 1.82) is 0 Å². The number of methoxy groups -OCH3 is 1. The molecule has 1 fully saturated rings. The zero-order valence-corrected chi connectivity index (χ0v) is 19.2. The third-order valence-electron chi connectivity index (χ3n) is 5.49. The third kappa shape index (κ3) is 4.18. The van der Waals surface area contributed by atoms with Crippen LogP contribution in [0.3, 0.4) is 0 Å². The molecule has 0 radical (unpaired) electrons. The van der Waals surface area contributed by atoms with Crippen LogP contribution in [0.25, 0.3) is 5.76 Å². The van der Waals surface area contributed by atoms with Crippen molar-refractivity contribution in [2.45, 2.75) is 13.0 Å². The topological polar surface area (TPSA) is 96.3 Å². The number of rotatable bonds is 6. The van der Waals surface area contributed by atoms with Gasteiger partial charge in [-0.25, -0.2) is 0 Å². The van der Waals surface area contributed by atoms with E-state index in [4.69, 9.17) is 21.1 Å². The molecule has 174 valence electrons. The molecule has 34 heavy (non-hydrogen) atoms. The number of anilines is 1. The number of aliphatic hydroxyl groups excluding tert-OH is 1. The number of ketones is 1. The van der Waals surface area contributed by atoms with Gasteiger partial charge in [0.2, 0.25) is 0 Å². The lowest BCUT2D eigenvalue weighted by Gasteiger charge is -2.26. The molecule has 0 bridgehead atoms. The van der Waals surface area contributed by atoms with Crippen LogP contribution in [0.4, 0.5) is 5.69 Å². The summed E-state index contributed by atoms with van der Waals surface area (Å²) < 4.78 is 10.6. The Kier molecular flexibility index (Phi) is 6.47. The Hall–Kier alpha value is -3.97. The molecule has 1 heterocycles. The molecule has 2 N–H and O–H groups in total. The number of phenolic OH excluding ortho intramolecular Hbond substituents is 1. The van der Waals surface area contributed by atoms with Gasteiger partial charge < -0.3 is 19.7 Å².